The molecule has 7 nitrogen and oxygen atoms in total. The van der Waals surface area contributed by atoms with E-state index in [4.69, 9.17) is 10.00 Å². The molecule has 1 aromatic carbocycles. The molecule has 21 heavy (non-hydrogen) atoms. The average Bonchev–Trinajstić information content (AvgIpc) is 2.47. The van der Waals surface area contributed by atoms with Crippen LogP contribution in [0.4, 0.5) is 10.5 Å². The molecule has 0 aliphatic heterocycles. The molecule has 0 aliphatic rings. The van der Waals surface area contributed by atoms with Gasteiger partial charge in [-0.25, -0.2) is 4.79 Å². The van der Waals surface area contributed by atoms with Crippen molar-refractivity contribution >= 4 is 17.6 Å². The van der Waals surface area contributed by atoms with Gasteiger partial charge >= 0.3 is 6.03 Å². The molecule has 0 radical (unpaired) electrons. The first-order valence-corrected chi connectivity index (χ1v) is 6.45. The van der Waals surface area contributed by atoms with Crippen LogP contribution in [0.5, 0.6) is 5.75 Å². The number of nitriles is 1. The number of urea groups is 1. The van der Waals surface area contributed by atoms with Crippen molar-refractivity contribution < 1.29 is 14.3 Å². The fourth-order valence-corrected chi connectivity index (χ4v) is 1.65. The lowest BCUT2D eigenvalue weighted by atomic mass is 10.1. The first-order valence-electron chi connectivity index (χ1n) is 6.45. The van der Waals surface area contributed by atoms with Crippen molar-refractivity contribution in [2.75, 3.05) is 19.0 Å². The highest BCUT2D eigenvalue weighted by molar-refractivity contribution is 5.98. The van der Waals surface area contributed by atoms with Gasteiger partial charge in [0, 0.05) is 6.54 Å². The van der Waals surface area contributed by atoms with Crippen molar-refractivity contribution in [1.29, 1.82) is 5.26 Å². The number of imide groups is 1. The van der Waals surface area contributed by atoms with E-state index in [-0.39, 0.29) is 0 Å². The summed E-state index contributed by atoms with van der Waals surface area (Å²) in [7, 11) is 1.47. The number of nitrogens with zero attached hydrogens (tertiary/aromatic N) is 1. The number of hydrogen-bond acceptors (Lipinski definition) is 5. The third kappa shape index (κ3) is 4.38. The molecule has 1 aromatic rings. The summed E-state index contributed by atoms with van der Waals surface area (Å²) >= 11 is 0. The van der Waals surface area contributed by atoms with Crippen LogP contribution in [0, 0.1) is 11.3 Å². The number of amides is 3. The lowest BCUT2D eigenvalue weighted by molar-refractivity contribution is -0.120. The first kappa shape index (κ1) is 16.3. The van der Waals surface area contributed by atoms with Crippen LogP contribution in [0.2, 0.25) is 0 Å². The van der Waals surface area contributed by atoms with Crippen LogP contribution in [0.15, 0.2) is 18.2 Å². The van der Waals surface area contributed by atoms with Crippen LogP contribution in [0.1, 0.15) is 19.4 Å². The Labute approximate surface area is 123 Å². The standard InChI is InChI=1S/C14H18N4O3/c1-4-16-14(20)18-13(19)9(2)17-12-10(8-15)6-5-7-11(12)21-3/h5-7,9,17H,4H2,1-3H3,(H2,16,18,19,20). The molecule has 0 saturated heterocycles. The highest BCUT2D eigenvalue weighted by atomic mass is 16.5. The summed E-state index contributed by atoms with van der Waals surface area (Å²) in [6.45, 7) is 3.76. The molecule has 0 spiro atoms. The Balaban J connectivity index is 2.83. The first-order chi connectivity index (χ1) is 10.0. The Hall–Kier alpha value is -2.75. The minimum Gasteiger partial charge on any atom is -0.495 e. The third-order valence-electron chi connectivity index (χ3n) is 2.69. The van der Waals surface area contributed by atoms with Crippen molar-refractivity contribution in [2.24, 2.45) is 0 Å². The van der Waals surface area contributed by atoms with E-state index in [1.54, 1.807) is 32.0 Å². The summed E-state index contributed by atoms with van der Waals surface area (Å²) in [5, 5.41) is 16.6. The third-order valence-corrected chi connectivity index (χ3v) is 2.69. The van der Waals surface area contributed by atoms with Gasteiger partial charge < -0.3 is 15.4 Å². The van der Waals surface area contributed by atoms with Gasteiger partial charge in [-0.3, -0.25) is 10.1 Å². The predicted molar refractivity (Wildman–Crippen MR) is 78.0 cm³/mol. The van der Waals surface area contributed by atoms with Crippen LogP contribution in [0.25, 0.3) is 0 Å². The van der Waals surface area contributed by atoms with Gasteiger partial charge in [0.25, 0.3) is 0 Å². The lowest BCUT2D eigenvalue weighted by Gasteiger charge is -2.18. The van der Waals surface area contributed by atoms with E-state index in [2.05, 4.69) is 16.0 Å². The number of ether oxygens (including phenoxy) is 1. The van der Waals surface area contributed by atoms with Crippen LogP contribution in [0.3, 0.4) is 0 Å². The summed E-state index contributed by atoms with van der Waals surface area (Å²) < 4.78 is 5.16. The number of nitrogens with one attached hydrogen (secondary N) is 3. The van der Waals surface area contributed by atoms with Crippen molar-refractivity contribution in [3.8, 4) is 11.8 Å². The smallest absolute Gasteiger partial charge is 0.321 e. The van der Waals surface area contributed by atoms with Crippen molar-refractivity contribution in [1.82, 2.24) is 10.6 Å². The number of hydrogen-bond donors (Lipinski definition) is 3. The molecule has 0 aliphatic carbocycles. The molecular weight excluding hydrogens is 272 g/mol. The van der Waals surface area contributed by atoms with Crippen molar-refractivity contribution in [3.63, 3.8) is 0 Å². The van der Waals surface area contributed by atoms with Crippen LogP contribution in [-0.4, -0.2) is 31.6 Å². The average molecular weight is 290 g/mol. The SMILES string of the molecule is CCNC(=O)NC(=O)C(C)Nc1c(C#N)cccc1OC. The number of anilines is 1. The van der Waals surface area contributed by atoms with Gasteiger partial charge in [0.1, 0.15) is 17.9 Å². The zero-order chi connectivity index (χ0) is 15.8. The van der Waals surface area contributed by atoms with Crippen LogP contribution in [-0.2, 0) is 4.79 Å². The van der Waals surface area contributed by atoms with Gasteiger partial charge in [-0.05, 0) is 26.0 Å². The summed E-state index contributed by atoms with van der Waals surface area (Å²) in [6.07, 6.45) is 0. The zero-order valence-electron chi connectivity index (χ0n) is 12.2. The molecule has 3 amide bonds. The molecule has 1 unspecified atom stereocenters. The second-order valence-electron chi connectivity index (χ2n) is 4.21. The molecule has 0 saturated carbocycles. The predicted octanol–water partition coefficient (Wildman–Crippen LogP) is 1.21. The minimum absolute atomic E-state index is 0.354. The Morgan fingerprint density at radius 2 is 2.14 bits per heavy atom. The van der Waals surface area contributed by atoms with Gasteiger partial charge in [-0.1, -0.05) is 6.07 Å². The van der Waals surface area contributed by atoms with E-state index in [0.717, 1.165) is 0 Å². The normalized spacial score (nSPS) is 11.0. The molecule has 0 aromatic heterocycles. The summed E-state index contributed by atoms with van der Waals surface area (Å²) in [4.78, 5) is 23.2. The van der Waals surface area contributed by atoms with Gasteiger partial charge in [-0.15, -0.1) is 0 Å². The highest BCUT2D eigenvalue weighted by Gasteiger charge is 2.18. The van der Waals surface area contributed by atoms with Crippen molar-refractivity contribution in [3.05, 3.63) is 23.8 Å². The molecule has 7 heteroatoms. The molecule has 112 valence electrons. The van der Waals surface area contributed by atoms with E-state index < -0.39 is 18.0 Å². The summed E-state index contributed by atoms with van der Waals surface area (Å²) in [6, 6.07) is 5.72. The van der Waals surface area contributed by atoms with E-state index >= 15 is 0 Å². The van der Waals surface area contributed by atoms with E-state index in [0.29, 0.717) is 23.5 Å². The maximum Gasteiger partial charge on any atom is 0.321 e. The van der Waals surface area contributed by atoms with E-state index in [1.165, 1.54) is 7.11 Å². The Bertz CT molecular complexity index is 566. The Kier molecular flexibility index (Phi) is 6.01. The lowest BCUT2D eigenvalue weighted by Crippen LogP contribution is -2.45. The second kappa shape index (κ2) is 7.75. The van der Waals surface area contributed by atoms with Crippen molar-refractivity contribution in [2.45, 2.75) is 19.9 Å². The number of benzene rings is 1. The molecule has 3 N–H and O–H groups in total. The molecule has 1 atom stereocenters. The Morgan fingerprint density at radius 3 is 2.71 bits per heavy atom. The zero-order valence-corrected chi connectivity index (χ0v) is 12.2. The maximum absolute atomic E-state index is 11.9. The number of para-hydroxylation sites is 1. The second-order valence-corrected chi connectivity index (χ2v) is 4.21. The van der Waals surface area contributed by atoms with Gasteiger partial charge in [0.2, 0.25) is 5.91 Å². The monoisotopic (exact) mass is 290 g/mol. The molecule has 0 heterocycles. The number of carbonyl (C=O) groups excluding carboxylic acids is 2. The van der Waals surface area contributed by atoms with Gasteiger partial charge in [-0.2, -0.15) is 5.26 Å². The minimum atomic E-state index is -0.712. The topological polar surface area (TPSA) is 103 Å². The number of carbonyl (C=O) groups is 2. The molecule has 0 fully saturated rings. The molecular formula is C14H18N4O3. The van der Waals surface area contributed by atoms with Crippen LogP contribution >= 0.6 is 0 Å². The molecule has 0 bridgehead atoms. The highest BCUT2D eigenvalue weighted by Crippen LogP contribution is 2.28. The van der Waals surface area contributed by atoms with E-state index in [1.807, 2.05) is 6.07 Å². The van der Waals surface area contributed by atoms with Crippen LogP contribution < -0.4 is 20.7 Å². The quantitative estimate of drug-likeness (QED) is 0.756. The Morgan fingerprint density at radius 1 is 1.43 bits per heavy atom. The van der Waals surface area contributed by atoms with Gasteiger partial charge in [0.15, 0.2) is 0 Å². The van der Waals surface area contributed by atoms with Gasteiger partial charge in [0.05, 0.1) is 18.4 Å². The fraction of sp³-hybridized carbons (Fsp3) is 0.357. The fourth-order valence-electron chi connectivity index (χ4n) is 1.65. The molecule has 1 rings (SSSR count). The number of rotatable bonds is 5. The summed E-state index contributed by atoms with van der Waals surface area (Å²) in [5.74, 6) is -0.0533. The van der Waals surface area contributed by atoms with E-state index in [9.17, 15) is 9.59 Å². The maximum atomic E-state index is 11.9. The summed E-state index contributed by atoms with van der Waals surface area (Å²) in [5.41, 5.74) is 0.771. The largest absolute Gasteiger partial charge is 0.495 e. The number of methoxy groups -OCH3 is 1.